The molecule has 1 amide bonds. The molecule has 0 aliphatic carbocycles. The van der Waals surface area contributed by atoms with Crippen LogP contribution in [0.25, 0.3) is 0 Å². The predicted octanol–water partition coefficient (Wildman–Crippen LogP) is 4.65. The molecule has 0 radical (unpaired) electrons. The van der Waals surface area contributed by atoms with E-state index in [4.69, 9.17) is 23.7 Å². The molecule has 1 heterocycles. The van der Waals surface area contributed by atoms with Gasteiger partial charge in [0.25, 0.3) is 5.91 Å². The van der Waals surface area contributed by atoms with E-state index in [1.54, 1.807) is 38.4 Å². The number of β-lactam (4-membered cyclic amide) rings is 1. The Balaban J connectivity index is 1.74. The van der Waals surface area contributed by atoms with Crippen LogP contribution < -0.4 is 28.6 Å². The van der Waals surface area contributed by atoms with Crippen LogP contribution in [0.5, 0.6) is 28.7 Å². The lowest BCUT2D eigenvalue weighted by molar-refractivity contribution is -0.135. The summed E-state index contributed by atoms with van der Waals surface area (Å²) in [7, 11) is 4.63. The zero-order chi connectivity index (χ0) is 23.4. The van der Waals surface area contributed by atoms with Crippen molar-refractivity contribution in [2.75, 3.05) is 32.8 Å². The van der Waals surface area contributed by atoms with Gasteiger partial charge in [0.05, 0.1) is 33.6 Å². The molecule has 1 fully saturated rings. The van der Waals surface area contributed by atoms with Crippen molar-refractivity contribution in [2.24, 2.45) is 0 Å². The van der Waals surface area contributed by atoms with Gasteiger partial charge in [0.2, 0.25) is 11.9 Å². The Morgan fingerprint density at radius 2 is 1.45 bits per heavy atom. The Bertz CT molecular complexity index is 1070. The molecule has 0 bridgehead atoms. The van der Waals surface area contributed by atoms with E-state index in [1.807, 2.05) is 61.5 Å². The van der Waals surface area contributed by atoms with Gasteiger partial charge in [-0.25, -0.2) is 0 Å². The average Bonchev–Trinajstić information content (AvgIpc) is 2.86. The molecular weight excluding hydrogens is 422 g/mol. The minimum absolute atomic E-state index is 0.160. The highest BCUT2D eigenvalue weighted by molar-refractivity contribution is 6.05. The molecule has 0 aromatic heterocycles. The van der Waals surface area contributed by atoms with Crippen LogP contribution in [-0.4, -0.2) is 39.9 Å². The fraction of sp³-hybridized carbons (Fsp3) is 0.269. The van der Waals surface area contributed by atoms with Crippen LogP contribution in [0, 0.1) is 0 Å². The van der Waals surface area contributed by atoms with Gasteiger partial charge < -0.3 is 23.7 Å². The smallest absolute Gasteiger partial charge is 0.271 e. The summed E-state index contributed by atoms with van der Waals surface area (Å²) >= 11 is 0. The first-order valence-corrected chi connectivity index (χ1v) is 10.7. The Morgan fingerprint density at radius 1 is 0.818 bits per heavy atom. The third-order valence-electron chi connectivity index (χ3n) is 5.51. The van der Waals surface area contributed by atoms with Crippen molar-refractivity contribution in [1.82, 2.24) is 0 Å². The third kappa shape index (κ3) is 4.26. The topological polar surface area (TPSA) is 66.5 Å². The van der Waals surface area contributed by atoms with Gasteiger partial charge in [0.15, 0.2) is 11.5 Å². The minimum atomic E-state index is -0.676. The number of methoxy groups -OCH3 is 3. The van der Waals surface area contributed by atoms with Crippen LogP contribution in [0.4, 0.5) is 5.69 Å². The Labute approximate surface area is 193 Å². The van der Waals surface area contributed by atoms with E-state index in [1.165, 1.54) is 0 Å². The lowest BCUT2D eigenvalue weighted by Crippen LogP contribution is -2.61. The van der Waals surface area contributed by atoms with Crippen LogP contribution in [0.15, 0.2) is 66.7 Å². The molecule has 4 rings (SSSR count). The molecule has 1 aliphatic rings. The van der Waals surface area contributed by atoms with Crippen LogP contribution in [0.2, 0.25) is 0 Å². The second-order valence-electron chi connectivity index (χ2n) is 7.39. The summed E-state index contributed by atoms with van der Waals surface area (Å²) in [6.45, 7) is 2.52. The van der Waals surface area contributed by atoms with E-state index in [2.05, 4.69) is 0 Å². The van der Waals surface area contributed by atoms with Crippen LogP contribution >= 0.6 is 0 Å². The monoisotopic (exact) mass is 449 g/mol. The van der Waals surface area contributed by atoms with Crippen molar-refractivity contribution in [3.8, 4) is 28.7 Å². The summed E-state index contributed by atoms with van der Waals surface area (Å²) in [4.78, 5) is 15.0. The largest absolute Gasteiger partial charge is 0.494 e. The van der Waals surface area contributed by atoms with Crippen molar-refractivity contribution in [2.45, 2.75) is 19.1 Å². The number of rotatable bonds is 9. The molecular formula is C26H27NO6. The number of hydrogen-bond acceptors (Lipinski definition) is 6. The van der Waals surface area contributed by atoms with E-state index in [9.17, 15) is 4.79 Å². The number of amides is 1. The average molecular weight is 450 g/mol. The Kier molecular flexibility index (Phi) is 6.58. The second kappa shape index (κ2) is 9.73. The maximum Gasteiger partial charge on any atom is 0.271 e. The highest BCUT2D eigenvalue weighted by Crippen LogP contribution is 2.47. The van der Waals surface area contributed by atoms with Crippen LogP contribution in [-0.2, 0) is 4.79 Å². The van der Waals surface area contributed by atoms with Crippen molar-refractivity contribution < 1.29 is 28.5 Å². The summed E-state index contributed by atoms with van der Waals surface area (Å²) in [5.41, 5.74) is 1.55. The number of anilines is 1. The molecule has 0 unspecified atom stereocenters. The van der Waals surface area contributed by atoms with E-state index >= 15 is 0 Å². The molecule has 172 valence electrons. The van der Waals surface area contributed by atoms with Crippen LogP contribution in [0.1, 0.15) is 18.5 Å². The lowest BCUT2D eigenvalue weighted by Gasteiger charge is -2.46. The molecule has 1 aliphatic heterocycles. The summed E-state index contributed by atoms with van der Waals surface area (Å²) < 4.78 is 28.1. The first-order valence-electron chi connectivity index (χ1n) is 10.7. The maximum absolute atomic E-state index is 13.3. The highest BCUT2D eigenvalue weighted by Gasteiger charge is 2.51. The first kappa shape index (κ1) is 22.3. The van der Waals surface area contributed by atoms with Gasteiger partial charge in [-0.1, -0.05) is 30.3 Å². The number of carbonyl (C=O) groups is 1. The highest BCUT2D eigenvalue weighted by atomic mass is 16.5. The van der Waals surface area contributed by atoms with Gasteiger partial charge in [-0.15, -0.1) is 0 Å². The summed E-state index contributed by atoms with van der Waals surface area (Å²) in [5, 5.41) is 0. The molecule has 0 saturated carbocycles. The summed E-state index contributed by atoms with van der Waals surface area (Å²) in [6.07, 6.45) is -0.676. The Hall–Kier alpha value is -3.87. The third-order valence-corrected chi connectivity index (χ3v) is 5.51. The SMILES string of the molecule is CCOc1ccc([C@@H]2[C@@H](Oc3ccccc3)C(=O)N2c2cc(OC)c(OC)c(OC)c2)cc1. The van der Waals surface area contributed by atoms with Crippen molar-refractivity contribution in [1.29, 1.82) is 0 Å². The predicted molar refractivity (Wildman–Crippen MR) is 125 cm³/mol. The summed E-state index contributed by atoms with van der Waals surface area (Å²) in [6, 6.07) is 20.2. The minimum Gasteiger partial charge on any atom is -0.494 e. The van der Waals surface area contributed by atoms with Gasteiger partial charge in [-0.3, -0.25) is 9.69 Å². The molecule has 7 nitrogen and oxygen atoms in total. The fourth-order valence-electron chi connectivity index (χ4n) is 3.97. The van der Waals surface area contributed by atoms with E-state index < -0.39 is 6.10 Å². The van der Waals surface area contributed by atoms with Gasteiger partial charge in [-0.2, -0.15) is 0 Å². The first-order chi connectivity index (χ1) is 16.1. The molecule has 2 atom stereocenters. The van der Waals surface area contributed by atoms with E-state index in [0.29, 0.717) is 35.3 Å². The molecule has 7 heteroatoms. The van der Waals surface area contributed by atoms with Gasteiger partial charge in [0.1, 0.15) is 17.5 Å². The van der Waals surface area contributed by atoms with Gasteiger partial charge in [-0.05, 0) is 36.8 Å². The van der Waals surface area contributed by atoms with Crippen molar-refractivity contribution >= 4 is 11.6 Å². The Morgan fingerprint density at radius 3 is 2.00 bits per heavy atom. The number of ether oxygens (including phenoxy) is 5. The van der Waals surface area contributed by atoms with Gasteiger partial charge in [0, 0.05) is 12.1 Å². The zero-order valence-corrected chi connectivity index (χ0v) is 19.1. The second-order valence-corrected chi connectivity index (χ2v) is 7.39. The molecule has 33 heavy (non-hydrogen) atoms. The van der Waals surface area contributed by atoms with Crippen molar-refractivity contribution in [3.05, 3.63) is 72.3 Å². The number of carbonyl (C=O) groups excluding carboxylic acids is 1. The quantitative estimate of drug-likeness (QED) is 0.443. The lowest BCUT2D eigenvalue weighted by atomic mass is 9.89. The normalized spacial score (nSPS) is 17.2. The zero-order valence-electron chi connectivity index (χ0n) is 19.1. The number of nitrogens with zero attached hydrogens (tertiary/aromatic N) is 1. The number of hydrogen-bond donors (Lipinski definition) is 0. The molecule has 1 saturated heterocycles. The van der Waals surface area contributed by atoms with E-state index in [0.717, 1.165) is 11.3 Å². The molecule has 3 aromatic carbocycles. The standard InChI is InChI=1S/C26H27NO6/c1-5-32-19-13-11-17(12-14-19)23-25(33-20-9-7-6-8-10-20)26(28)27(23)18-15-21(29-2)24(31-4)22(16-18)30-3/h6-16,23,25H,5H2,1-4H3/t23-,25-/m1/s1. The molecule has 0 spiro atoms. The maximum atomic E-state index is 13.3. The summed E-state index contributed by atoms with van der Waals surface area (Å²) in [5.74, 6) is 2.65. The number of para-hydroxylation sites is 1. The van der Waals surface area contributed by atoms with Gasteiger partial charge >= 0.3 is 0 Å². The molecule has 0 N–H and O–H groups in total. The van der Waals surface area contributed by atoms with Crippen molar-refractivity contribution in [3.63, 3.8) is 0 Å². The van der Waals surface area contributed by atoms with E-state index in [-0.39, 0.29) is 11.9 Å². The fourth-order valence-corrected chi connectivity index (χ4v) is 3.97. The molecule has 3 aromatic rings. The van der Waals surface area contributed by atoms with Crippen LogP contribution in [0.3, 0.4) is 0 Å². The number of benzene rings is 3.